The van der Waals surface area contributed by atoms with E-state index < -0.39 is 0 Å². The molecule has 2 aromatic carbocycles. The summed E-state index contributed by atoms with van der Waals surface area (Å²) in [6.45, 7) is 1.86. The molecule has 5 aromatic rings. The second-order valence-corrected chi connectivity index (χ2v) is 6.38. The van der Waals surface area contributed by atoms with Gasteiger partial charge in [-0.15, -0.1) is 10.2 Å². The van der Waals surface area contributed by atoms with Gasteiger partial charge in [0.05, 0.1) is 17.5 Å². The lowest BCUT2D eigenvalue weighted by molar-refractivity contribution is 0.582. The highest BCUT2D eigenvalue weighted by molar-refractivity contribution is 6.06. The average molecular weight is 358 g/mol. The van der Waals surface area contributed by atoms with Crippen molar-refractivity contribution >= 4 is 22.2 Å². The van der Waals surface area contributed by atoms with Gasteiger partial charge >= 0.3 is 0 Å². The van der Waals surface area contributed by atoms with Crippen LogP contribution in [0.1, 0.15) is 5.82 Å². The molecule has 0 spiro atoms. The summed E-state index contributed by atoms with van der Waals surface area (Å²) in [7, 11) is 0. The highest BCUT2D eigenvalue weighted by atomic mass is 19.1. The molecule has 27 heavy (non-hydrogen) atoms. The first kappa shape index (κ1) is 15.6. The zero-order valence-electron chi connectivity index (χ0n) is 14.5. The van der Waals surface area contributed by atoms with E-state index in [1.807, 2.05) is 41.7 Å². The van der Waals surface area contributed by atoms with Crippen LogP contribution < -0.4 is 5.73 Å². The highest BCUT2D eigenvalue weighted by Crippen LogP contribution is 2.39. The molecule has 2 N–H and O–H groups in total. The lowest BCUT2D eigenvalue weighted by atomic mass is 9.97. The van der Waals surface area contributed by atoms with Crippen LogP contribution in [0, 0.1) is 12.7 Å². The molecule has 0 bridgehead atoms. The molecule has 0 atom stereocenters. The van der Waals surface area contributed by atoms with Gasteiger partial charge in [-0.3, -0.25) is 4.40 Å². The van der Waals surface area contributed by atoms with Crippen LogP contribution in [-0.4, -0.2) is 14.6 Å². The molecule has 0 aliphatic heterocycles. The maximum Gasteiger partial charge on any atom is 0.185 e. The number of aryl methyl sites for hydroxylation is 1. The molecule has 6 heteroatoms. The molecule has 0 saturated heterocycles. The van der Waals surface area contributed by atoms with Crippen molar-refractivity contribution in [3.63, 3.8) is 0 Å². The van der Waals surface area contributed by atoms with Crippen LogP contribution in [0.5, 0.6) is 0 Å². The van der Waals surface area contributed by atoms with E-state index >= 15 is 0 Å². The molecule has 0 aliphatic rings. The van der Waals surface area contributed by atoms with Gasteiger partial charge in [0, 0.05) is 22.1 Å². The normalized spacial score (nSPS) is 11.5. The number of rotatable bonds is 2. The van der Waals surface area contributed by atoms with Crippen LogP contribution in [0.25, 0.3) is 39.0 Å². The number of nitrogens with zero attached hydrogens (tertiary/aromatic N) is 3. The summed E-state index contributed by atoms with van der Waals surface area (Å²) in [5.74, 6) is 1.11. The molecule has 0 unspecified atom stereocenters. The number of pyridine rings is 1. The van der Waals surface area contributed by atoms with E-state index in [1.165, 1.54) is 6.07 Å². The first-order valence-electron chi connectivity index (χ1n) is 8.51. The topological polar surface area (TPSA) is 69.3 Å². The van der Waals surface area contributed by atoms with E-state index in [4.69, 9.17) is 10.2 Å². The van der Waals surface area contributed by atoms with E-state index in [-0.39, 0.29) is 5.82 Å². The van der Waals surface area contributed by atoms with Crippen LogP contribution in [0.2, 0.25) is 0 Å². The highest BCUT2D eigenvalue weighted by Gasteiger charge is 2.20. The fraction of sp³-hybridized carbons (Fsp3) is 0.0476. The minimum atomic E-state index is -0.338. The van der Waals surface area contributed by atoms with Gasteiger partial charge in [-0.1, -0.05) is 18.2 Å². The Labute approximate surface area is 153 Å². The molecule has 5 rings (SSSR count). The maximum absolute atomic E-state index is 14.6. The quantitative estimate of drug-likeness (QED) is 0.490. The third-order valence-electron chi connectivity index (χ3n) is 4.79. The molecular formula is C21H15FN4O. The number of nitrogens with two attached hydrogens (primary N) is 1. The number of hydrogen-bond acceptors (Lipinski definition) is 4. The van der Waals surface area contributed by atoms with Crippen molar-refractivity contribution in [2.45, 2.75) is 6.92 Å². The Balaban J connectivity index is 1.97. The molecule has 0 fully saturated rings. The lowest BCUT2D eigenvalue weighted by Crippen LogP contribution is -2.01. The van der Waals surface area contributed by atoms with Crippen molar-refractivity contribution in [2.24, 2.45) is 0 Å². The summed E-state index contributed by atoms with van der Waals surface area (Å²) in [5.41, 5.74) is 10.1. The predicted octanol–water partition coefficient (Wildman–Crippen LogP) is 4.84. The number of furan rings is 1. The fourth-order valence-electron chi connectivity index (χ4n) is 3.56. The van der Waals surface area contributed by atoms with Gasteiger partial charge in [0.15, 0.2) is 5.65 Å². The number of nitrogen functional groups attached to an aromatic ring is 1. The zero-order valence-corrected chi connectivity index (χ0v) is 14.5. The van der Waals surface area contributed by atoms with E-state index in [9.17, 15) is 4.39 Å². The van der Waals surface area contributed by atoms with E-state index in [0.29, 0.717) is 28.3 Å². The SMILES string of the molecule is Cc1nnc2c(N)c(-c3ccccc3F)c3cc(-c4ccco4)ccc3n12. The van der Waals surface area contributed by atoms with Crippen molar-refractivity contribution in [3.05, 3.63) is 72.5 Å². The first-order chi connectivity index (χ1) is 13.1. The first-order valence-corrected chi connectivity index (χ1v) is 8.51. The van der Waals surface area contributed by atoms with Crippen LogP contribution in [0.4, 0.5) is 10.1 Å². The van der Waals surface area contributed by atoms with Gasteiger partial charge < -0.3 is 10.2 Å². The molecule has 0 aliphatic carbocycles. The smallest absolute Gasteiger partial charge is 0.185 e. The van der Waals surface area contributed by atoms with Gasteiger partial charge in [-0.2, -0.15) is 0 Å². The third-order valence-corrected chi connectivity index (χ3v) is 4.79. The molecular weight excluding hydrogens is 343 g/mol. The molecule has 3 heterocycles. The Morgan fingerprint density at radius 1 is 1.04 bits per heavy atom. The largest absolute Gasteiger partial charge is 0.464 e. The number of hydrogen-bond donors (Lipinski definition) is 1. The summed E-state index contributed by atoms with van der Waals surface area (Å²) in [6.07, 6.45) is 1.62. The van der Waals surface area contributed by atoms with E-state index in [2.05, 4.69) is 10.2 Å². The van der Waals surface area contributed by atoms with Gasteiger partial charge in [0.2, 0.25) is 0 Å². The summed E-state index contributed by atoms with van der Waals surface area (Å²) >= 11 is 0. The monoisotopic (exact) mass is 358 g/mol. The second kappa shape index (κ2) is 5.67. The summed E-state index contributed by atoms with van der Waals surface area (Å²) in [6, 6.07) is 16.2. The van der Waals surface area contributed by atoms with Crippen LogP contribution in [-0.2, 0) is 0 Å². The lowest BCUT2D eigenvalue weighted by Gasteiger charge is -2.15. The van der Waals surface area contributed by atoms with Crippen molar-refractivity contribution in [1.29, 1.82) is 0 Å². The fourth-order valence-corrected chi connectivity index (χ4v) is 3.56. The van der Waals surface area contributed by atoms with Crippen molar-refractivity contribution < 1.29 is 8.81 Å². The Morgan fingerprint density at radius 2 is 1.89 bits per heavy atom. The molecule has 0 radical (unpaired) electrons. The second-order valence-electron chi connectivity index (χ2n) is 6.38. The van der Waals surface area contributed by atoms with Crippen LogP contribution in [0.3, 0.4) is 0 Å². The number of halogens is 1. The number of fused-ring (bicyclic) bond motifs is 3. The maximum atomic E-state index is 14.6. The van der Waals surface area contributed by atoms with Crippen molar-refractivity contribution in [1.82, 2.24) is 14.6 Å². The summed E-state index contributed by atoms with van der Waals surface area (Å²) in [5, 5.41) is 9.17. The van der Waals surface area contributed by atoms with Crippen molar-refractivity contribution in [3.8, 4) is 22.5 Å². The summed E-state index contributed by atoms with van der Waals surface area (Å²) < 4.78 is 22.1. The van der Waals surface area contributed by atoms with E-state index in [1.54, 1.807) is 24.5 Å². The van der Waals surface area contributed by atoms with Crippen LogP contribution >= 0.6 is 0 Å². The van der Waals surface area contributed by atoms with Crippen LogP contribution in [0.15, 0.2) is 65.3 Å². The molecule has 0 saturated carbocycles. The molecule has 0 amide bonds. The minimum Gasteiger partial charge on any atom is -0.464 e. The van der Waals surface area contributed by atoms with E-state index in [0.717, 1.165) is 22.2 Å². The third kappa shape index (κ3) is 2.23. The van der Waals surface area contributed by atoms with Gasteiger partial charge in [-0.25, -0.2) is 4.39 Å². The molecule has 3 aromatic heterocycles. The molecule has 5 nitrogen and oxygen atoms in total. The van der Waals surface area contributed by atoms with Crippen molar-refractivity contribution in [2.75, 3.05) is 5.73 Å². The van der Waals surface area contributed by atoms with Gasteiger partial charge in [0.25, 0.3) is 0 Å². The Bertz CT molecular complexity index is 1310. The Kier molecular flexibility index (Phi) is 3.27. The average Bonchev–Trinajstić information content (AvgIpc) is 3.33. The van der Waals surface area contributed by atoms with Gasteiger partial charge in [-0.05, 0) is 43.3 Å². The minimum absolute atomic E-state index is 0.338. The predicted molar refractivity (Wildman–Crippen MR) is 103 cm³/mol. The summed E-state index contributed by atoms with van der Waals surface area (Å²) in [4.78, 5) is 0. The van der Waals surface area contributed by atoms with Gasteiger partial charge in [0.1, 0.15) is 17.4 Å². The Hall–Kier alpha value is -3.67. The zero-order chi connectivity index (χ0) is 18.5. The number of anilines is 1. The molecule has 132 valence electrons. The Morgan fingerprint density at radius 3 is 2.67 bits per heavy atom. The number of benzene rings is 2. The standard InChI is InChI=1S/C21H15FN4O/c1-12-24-25-21-20(23)19(14-5-2-3-6-16(14)22)15-11-13(18-7-4-10-27-18)8-9-17(15)26(12)21/h2-11H,23H2,1H3. The number of aromatic nitrogens is 3.